The van der Waals surface area contributed by atoms with Crippen LogP contribution in [0, 0.1) is 12.7 Å². The van der Waals surface area contributed by atoms with Crippen LogP contribution in [-0.4, -0.2) is 48.0 Å². The number of benzene rings is 1. The van der Waals surface area contributed by atoms with Crippen LogP contribution in [0.3, 0.4) is 0 Å². The molecule has 1 atom stereocenters. The Hall–Kier alpha value is -2.85. The van der Waals surface area contributed by atoms with E-state index in [1.54, 1.807) is 11.8 Å². The van der Waals surface area contributed by atoms with Crippen LogP contribution in [-0.2, 0) is 11.3 Å². The van der Waals surface area contributed by atoms with E-state index in [-0.39, 0.29) is 11.8 Å². The van der Waals surface area contributed by atoms with Crippen molar-refractivity contribution in [2.75, 3.05) is 17.7 Å². The number of nitrogens with one attached hydrogen (secondary N) is 1. The van der Waals surface area contributed by atoms with Crippen LogP contribution in [0.5, 0.6) is 0 Å². The maximum absolute atomic E-state index is 13.2. The minimum Gasteiger partial charge on any atom is -0.328 e. The van der Waals surface area contributed by atoms with Gasteiger partial charge in [-0.1, -0.05) is 0 Å². The maximum Gasteiger partial charge on any atom is 0.254 e. The van der Waals surface area contributed by atoms with E-state index in [0.717, 1.165) is 0 Å². The summed E-state index contributed by atoms with van der Waals surface area (Å²) in [5, 5.41) is 3.35. The van der Waals surface area contributed by atoms with Crippen LogP contribution in [0.2, 0.25) is 0 Å². The molecule has 1 aliphatic heterocycles. The lowest BCUT2D eigenvalue weighted by molar-refractivity contribution is -0.113. The Balaban J connectivity index is 1.74. The Kier molecular flexibility index (Phi) is 5.52. The van der Waals surface area contributed by atoms with Gasteiger partial charge in [-0.25, -0.2) is 14.4 Å². The molecule has 3 heterocycles. The predicted octanol–water partition coefficient (Wildman–Crippen LogP) is 3.24. The predicted molar refractivity (Wildman–Crippen MR) is 111 cm³/mol. The summed E-state index contributed by atoms with van der Waals surface area (Å²) in [7, 11) is 0. The van der Waals surface area contributed by atoms with Gasteiger partial charge in [0, 0.05) is 18.7 Å². The van der Waals surface area contributed by atoms with Gasteiger partial charge in [0.05, 0.1) is 11.7 Å². The number of alkyl halides is 1. The normalized spacial score (nSPS) is 15.7. The molecule has 0 spiro atoms. The zero-order valence-electron chi connectivity index (χ0n) is 16.2. The number of rotatable bonds is 4. The van der Waals surface area contributed by atoms with E-state index < -0.39 is 17.8 Å². The van der Waals surface area contributed by atoms with E-state index in [2.05, 4.69) is 19.7 Å². The molecule has 2 amide bonds. The Morgan fingerprint density at radius 2 is 2.00 bits per heavy atom. The number of hydrogen-bond donors (Lipinski definition) is 1. The summed E-state index contributed by atoms with van der Waals surface area (Å²) in [6.07, 6.45) is 0. The largest absolute Gasteiger partial charge is 0.328 e. The minimum atomic E-state index is -0.403. The average Bonchev–Trinajstić information content (AvgIpc) is 3.32. The lowest BCUT2D eigenvalue weighted by Crippen LogP contribution is -2.41. The molecule has 0 saturated carbocycles. The first-order valence-corrected chi connectivity index (χ1v) is 10.5. The van der Waals surface area contributed by atoms with E-state index >= 15 is 0 Å². The van der Waals surface area contributed by atoms with Crippen molar-refractivity contribution < 1.29 is 14.0 Å². The summed E-state index contributed by atoms with van der Waals surface area (Å²) in [4.78, 5) is 35.7. The summed E-state index contributed by atoms with van der Waals surface area (Å²) >= 11 is 6.88. The van der Waals surface area contributed by atoms with Gasteiger partial charge in [0.15, 0.2) is 16.6 Å². The lowest BCUT2D eigenvalue weighted by atomic mass is 10.1. The van der Waals surface area contributed by atoms with E-state index in [0.29, 0.717) is 46.8 Å². The van der Waals surface area contributed by atoms with Gasteiger partial charge in [-0.2, -0.15) is 4.37 Å². The van der Waals surface area contributed by atoms with Gasteiger partial charge in [0.2, 0.25) is 5.91 Å². The second-order valence-corrected chi connectivity index (χ2v) is 7.85. The van der Waals surface area contributed by atoms with Crippen LogP contribution >= 0.6 is 23.1 Å². The highest BCUT2D eigenvalue weighted by atomic mass is 35.5. The SMILES string of the molecule is Cc1nsc(-c2nc(NC(=O)CCl)c3n2CCN(C(=O)c2ccc(F)cc2)C3C)n1. The van der Waals surface area contributed by atoms with Crippen LogP contribution in [0.1, 0.15) is 34.8 Å². The third-order valence-electron chi connectivity index (χ3n) is 4.88. The molecular weight excluding hydrogens is 431 g/mol. The molecule has 8 nitrogen and oxygen atoms in total. The first-order valence-electron chi connectivity index (χ1n) is 9.22. The Morgan fingerprint density at radius 3 is 2.63 bits per heavy atom. The fourth-order valence-electron chi connectivity index (χ4n) is 3.51. The first-order chi connectivity index (χ1) is 14.4. The van der Waals surface area contributed by atoms with Crippen LogP contribution < -0.4 is 5.32 Å². The van der Waals surface area contributed by atoms with Gasteiger partial charge in [-0.15, -0.1) is 11.6 Å². The Bertz CT molecular complexity index is 1110. The number of halogens is 2. The summed E-state index contributed by atoms with van der Waals surface area (Å²) in [5.41, 5.74) is 1.07. The van der Waals surface area contributed by atoms with E-state index in [4.69, 9.17) is 11.6 Å². The van der Waals surface area contributed by atoms with Crippen molar-refractivity contribution in [1.82, 2.24) is 23.8 Å². The molecule has 0 radical (unpaired) electrons. The number of nitrogens with zero attached hydrogens (tertiary/aromatic N) is 5. The second kappa shape index (κ2) is 8.11. The number of fused-ring (bicyclic) bond motifs is 1. The number of carbonyl (C=O) groups is 2. The molecule has 11 heteroatoms. The van der Waals surface area contributed by atoms with Gasteiger partial charge in [-0.05, 0) is 49.6 Å². The van der Waals surface area contributed by atoms with E-state index in [9.17, 15) is 14.0 Å². The van der Waals surface area contributed by atoms with Crippen LogP contribution in [0.15, 0.2) is 24.3 Å². The molecule has 1 aliphatic rings. The second-order valence-electron chi connectivity index (χ2n) is 6.83. The highest BCUT2D eigenvalue weighted by Gasteiger charge is 2.34. The number of hydrogen-bond acceptors (Lipinski definition) is 6. The monoisotopic (exact) mass is 448 g/mol. The van der Waals surface area contributed by atoms with Gasteiger partial charge in [0.1, 0.15) is 17.5 Å². The fraction of sp³-hybridized carbons (Fsp3) is 0.316. The summed E-state index contributed by atoms with van der Waals surface area (Å²) in [5.74, 6) is 0.320. The van der Waals surface area contributed by atoms with Crippen LogP contribution in [0.4, 0.5) is 10.2 Å². The maximum atomic E-state index is 13.2. The van der Waals surface area contributed by atoms with E-state index in [1.807, 2.05) is 11.5 Å². The molecule has 3 aromatic rings. The molecule has 1 unspecified atom stereocenters. The molecule has 0 saturated heterocycles. The molecule has 30 heavy (non-hydrogen) atoms. The molecule has 0 bridgehead atoms. The summed E-state index contributed by atoms with van der Waals surface area (Å²) < 4.78 is 19.4. The fourth-order valence-corrected chi connectivity index (χ4v) is 4.25. The zero-order valence-corrected chi connectivity index (χ0v) is 17.8. The van der Waals surface area contributed by atoms with E-state index in [1.165, 1.54) is 35.8 Å². The topological polar surface area (TPSA) is 93.0 Å². The summed E-state index contributed by atoms with van der Waals surface area (Å²) in [6.45, 7) is 4.54. The number of imidazole rings is 1. The molecule has 1 aromatic carbocycles. The van der Waals surface area contributed by atoms with Crippen molar-refractivity contribution in [3.8, 4) is 10.8 Å². The Morgan fingerprint density at radius 1 is 1.27 bits per heavy atom. The van der Waals surface area contributed by atoms with Crippen molar-refractivity contribution in [3.63, 3.8) is 0 Å². The number of amides is 2. The molecule has 0 aliphatic carbocycles. The van der Waals surface area contributed by atoms with Gasteiger partial charge in [-0.3, -0.25) is 9.59 Å². The van der Waals surface area contributed by atoms with Gasteiger partial charge >= 0.3 is 0 Å². The van der Waals surface area contributed by atoms with Crippen molar-refractivity contribution >= 4 is 40.8 Å². The molecular formula is C19H18ClFN6O2S. The third-order valence-corrected chi connectivity index (χ3v) is 5.93. The Labute approximate surface area is 180 Å². The highest BCUT2D eigenvalue weighted by Crippen LogP contribution is 2.36. The standard InChI is InChI=1S/C19H18ClFN6O2S/c1-10-15-16(23-14(28)9-20)24-17(18-22-11(2)25-30-18)27(15)8-7-26(10)19(29)12-3-5-13(21)6-4-12/h3-6,10H,7-9H2,1-2H3,(H,23,28). The average molecular weight is 449 g/mol. The molecule has 0 fully saturated rings. The molecule has 1 N–H and O–H groups in total. The van der Waals surface area contributed by atoms with Crippen molar-refractivity contribution in [2.45, 2.75) is 26.4 Å². The zero-order chi connectivity index (χ0) is 21.4. The smallest absolute Gasteiger partial charge is 0.254 e. The first kappa shape index (κ1) is 20.4. The van der Waals surface area contributed by atoms with Gasteiger partial charge in [0.25, 0.3) is 5.91 Å². The molecule has 156 valence electrons. The number of carbonyl (C=O) groups excluding carboxylic acids is 2. The minimum absolute atomic E-state index is 0.216. The third kappa shape index (κ3) is 3.68. The number of aromatic nitrogens is 4. The summed E-state index contributed by atoms with van der Waals surface area (Å²) in [6, 6.07) is 5.05. The molecule has 2 aromatic heterocycles. The highest BCUT2D eigenvalue weighted by molar-refractivity contribution is 7.09. The van der Waals surface area contributed by atoms with Crippen molar-refractivity contribution in [3.05, 3.63) is 47.2 Å². The van der Waals surface area contributed by atoms with Gasteiger partial charge < -0.3 is 14.8 Å². The number of aryl methyl sites for hydroxylation is 1. The number of anilines is 1. The van der Waals surface area contributed by atoms with Crippen molar-refractivity contribution in [2.24, 2.45) is 0 Å². The quantitative estimate of drug-likeness (QED) is 0.618. The lowest BCUT2D eigenvalue weighted by Gasteiger charge is -2.35. The van der Waals surface area contributed by atoms with Crippen LogP contribution in [0.25, 0.3) is 10.8 Å². The molecule has 4 rings (SSSR count). The van der Waals surface area contributed by atoms with Crippen molar-refractivity contribution in [1.29, 1.82) is 0 Å².